The number of aryl methyl sites for hydroxylation is 1. The number of halogens is 1. The Balaban J connectivity index is 2.10. The van der Waals surface area contributed by atoms with E-state index in [0.29, 0.717) is 11.4 Å². The standard InChI is InChI=1S/C17H17IN2O3/c1-10-3-8-14(16(19)21)15(9-10)23-11(2)17(22)20-13-6-4-12(18)5-7-13/h3-9,11H,1-2H3,(H2,19,21)(H,20,22). The second kappa shape index (κ2) is 7.45. The monoisotopic (exact) mass is 424 g/mol. The molecule has 0 heterocycles. The van der Waals surface area contributed by atoms with Gasteiger partial charge in [-0.1, -0.05) is 6.07 Å². The van der Waals surface area contributed by atoms with Crippen molar-refractivity contribution in [3.8, 4) is 5.75 Å². The molecule has 0 saturated carbocycles. The number of rotatable bonds is 5. The smallest absolute Gasteiger partial charge is 0.265 e. The lowest BCUT2D eigenvalue weighted by Gasteiger charge is -2.17. The van der Waals surface area contributed by atoms with Gasteiger partial charge < -0.3 is 15.8 Å². The maximum absolute atomic E-state index is 12.2. The van der Waals surface area contributed by atoms with Crippen molar-refractivity contribution < 1.29 is 14.3 Å². The zero-order chi connectivity index (χ0) is 17.0. The molecule has 0 radical (unpaired) electrons. The first kappa shape index (κ1) is 17.3. The van der Waals surface area contributed by atoms with Gasteiger partial charge in [0.05, 0.1) is 5.56 Å². The van der Waals surface area contributed by atoms with Crippen LogP contribution in [0.4, 0.5) is 5.69 Å². The van der Waals surface area contributed by atoms with Gasteiger partial charge in [-0.15, -0.1) is 0 Å². The molecule has 120 valence electrons. The Morgan fingerprint density at radius 1 is 1.17 bits per heavy atom. The van der Waals surface area contributed by atoms with Gasteiger partial charge in [-0.25, -0.2) is 0 Å². The second-order valence-corrected chi connectivity index (χ2v) is 6.37. The molecule has 0 saturated heterocycles. The van der Waals surface area contributed by atoms with Gasteiger partial charge in [0.1, 0.15) is 5.75 Å². The van der Waals surface area contributed by atoms with Gasteiger partial charge in [0, 0.05) is 9.26 Å². The molecule has 6 heteroatoms. The van der Waals surface area contributed by atoms with Gasteiger partial charge in [-0.2, -0.15) is 0 Å². The summed E-state index contributed by atoms with van der Waals surface area (Å²) in [6, 6.07) is 12.5. The van der Waals surface area contributed by atoms with Crippen molar-refractivity contribution >= 4 is 40.1 Å². The van der Waals surface area contributed by atoms with Crippen LogP contribution in [0.15, 0.2) is 42.5 Å². The van der Waals surface area contributed by atoms with Gasteiger partial charge in [0.15, 0.2) is 6.10 Å². The number of hydrogen-bond acceptors (Lipinski definition) is 3. The molecule has 5 nitrogen and oxygen atoms in total. The molecule has 1 atom stereocenters. The number of amides is 2. The summed E-state index contributed by atoms with van der Waals surface area (Å²) >= 11 is 2.19. The molecule has 2 aromatic carbocycles. The number of primary amides is 1. The Labute approximate surface area is 148 Å². The van der Waals surface area contributed by atoms with E-state index in [0.717, 1.165) is 9.13 Å². The van der Waals surface area contributed by atoms with Gasteiger partial charge >= 0.3 is 0 Å². The molecule has 0 fully saturated rings. The van der Waals surface area contributed by atoms with Gasteiger partial charge in [-0.3, -0.25) is 9.59 Å². The molecule has 3 N–H and O–H groups in total. The molecule has 0 aliphatic heterocycles. The number of hydrogen-bond donors (Lipinski definition) is 2. The average Bonchev–Trinajstić information content (AvgIpc) is 2.49. The van der Waals surface area contributed by atoms with Crippen molar-refractivity contribution in [3.05, 3.63) is 57.2 Å². The highest BCUT2D eigenvalue weighted by Crippen LogP contribution is 2.21. The first-order valence-corrected chi connectivity index (χ1v) is 8.08. The summed E-state index contributed by atoms with van der Waals surface area (Å²) in [6.45, 7) is 3.49. The second-order valence-electron chi connectivity index (χ2n) is 5.12. The number of ether oxygens (including phenoxy) is 1. The first-order valence-electron chi connectivity index (χ1n) is 7.00. The van der Waals surface area contributed by atoms with Crippen molar-refractivity contribution in [2.75, 3.05) is 5.32 Å². The summed E-state index contributed by atoms with van der Waals surface area (Å²) in [6.07, 6.45) is -0.769. The summed E-state index contributed by atoms with van der Waals surface area (Å²) < 4.78 is 6.71. The van der Waals surface area contributed by atoms with E-state index in [2.05, 4.69) is 27.9 Å². The molecule has 0 bridgehead atoms. The van der Waals surface area contributed by atoms with Crippen LogP contribution in [0.25, 0.3) is 0 Å². The molecule has 0 aliphatic rings. The summed E-state index contributed by atoms with van der Waals surface area (Å²) in [5.41, 5.74) is 7.19. The Morgan fingerprint density at radius 2 is 1.83 bits per heavy atom. The third-order valence-corrected chi connectivity index (χ3v) is 3.91. The number of nitrogens with two attached hydrogens (primary N) is 1. The number of carbonyl (C=O) groups excluding carboxylic acids is 2. The molecule has 0 aliphatic carbocycles. The lowest BCUT2D eigenvalue weighted by atomic mass is 10.1. The topological polar surface area (TPSA) is 81.4 Å². The molecule has 0 spiro atoms. The van der Waals surface area contributed by atoms with Crippen LogP contribution in [0.1, 0.15) is 22.8 Å². The summed E-state index contributed by atoms with van der Waals surface area (Å²) in [5, 5.41) is 2.77. The zero-order valence-corrected chi connectivity index (χ0v) is 15.0. The summed E-state index contributed by atoms with van der Waals surface area (Å²) in [7, 11) is 0. The maximum atomic E-state index is 12.2. The van der Waals surface area contributed by atoms with Crippen LogP contribution in [-0.2, 0) is 4.79 Å². The lowest BCUT2D eigenvalue weighted by Crippen LogP contribution is -2.31. The van der Waals surface area contributed by atoms with E-state index in [1.165, 1.54) is 0 Å². The van der Waals surface area contributed by atoms with E-state index in [4.69, 9.17) is 10.5 Å². The van der Waals surface area contributed by atoms with E-state index in [1.807, 2.05) is 31.2 Å². The highest BCUT2D eigenvalue weighted by molar-refractivity contribution is 14.1. The quantitative estimate of drug-likeness (QED) is 0.724. The third kappa shape index (κ3) is 4.69. The number of anilines is 1. The number of carbonyl (C=O) groups is 2. The normalized spacial score (nSPS) is 11.6. The highest BCUT2D eigenvalue weighted by Gasteiger charge is 2.18. The van der Waals surface area contributed by atoms with Gasteiger partial charge in [-0.05, 0) is 78.4 Å². The van der Waals surface area contributed by atoms with Crippen molar-refractivity contribution in [2.24, 2.45) is 5.73 Å². The lowest BCUT2D eigenvalue weighted by molar-refractivity contribution is -0.122. The SMILES string of the molecule is Cc1ccc(C(N)=O)c(OC(C)C(=O)Nc2ccc(I)cc2)c1. The van der Waals surface area contributed by atoms with E-state index in [-0.39, 0.29) is 11.5 Å². The van der Waals surface area contributed by atoms with Crippen LogP contribution in [0.5, 0.6) is 5.75 Å². The van der Waals surface area contributed by atoms with Crippen LogP contribution >= 0.6 is 22.6 Å². The minimum absolute atomic E-state index is 0.254. The maximum Gasteiger partial charge on any atom is 0.265 e. The van der Waals surface area contributed by atoms with Crippen LogP contribution in [-0.4, -0.2) is 17.9 Å². The Kier molecular flexibility index (Phi) is 5.59. The fourth-order valence-corrected chi connectivity index (χ4v) is 2.31. The Hall–Kier alpha value is -2.09. The Morgan fingerprint density at radius 3 is 2.43 bits per heavy atom. The minimum Gasteiger partial charge on any atom is -0.480 e. The molecule has 2 amide bonds. The predicted octanol–water partition coefficient (Wildman–Crippen LogP) is 3.10. The molecule has 0 aromatic heterocycles. The van der Waals surface area contributed by atoms with Crippen LogP contribution in [0.2, 0.25) is 0 Å². The highest BCUT2D eigenvalue weighted by atomic mass is 127. The van der Waals surface area contributed by atoms with Crippen molar-refractivity contribution in [1.82, 2.24) is 0 Å². The first-order chi connectivity index (χ1) is 10.9. The number of nitrogens with one attached hydrogen (secondary N) is 1. The largest absolute Gasteiger partial charge is 0.480 e. The predicted molar refractivity (Wildman–Crippen MR) is 97.6 cm³/mol. The van der Waals surface area contributed by atoms with Gasteiger partial charge in [0.2, 0.25) is 0 Å². The van der Waals surface area contributed by atoms with Crippen molar-refractivity contribution in [1.29, 1.82) is 0 Å². The summed E-state index contributed by atoms with van der Waals surface area (Å²) in [4.78, 5) is 23.7. The zero-order valence-electron chi connectivity index (χ0n) is 12.8. The fourth-order valence-electron chi connectivity index (χ4n) is 1.95. The number of benzene rings is 2. The molecule has 2 aromatic rings. The van der Waals surface area contributed by atoms with Crippen molar-refractivity contribution in [3.63, 3.8) is 0 Å². The van der Waals surface area contributed by atoms with Crippen LogP contribution in [0.3, 0.4) is 0 Å². The molecule has 23 heavy (non-hydrogen) atoms. The molecular formula is C17H17IN2O3. The molecular weight excluding hydrogens is 407 g/mol. The van der Waals surface area contributed by atoms with Crippen LogP contribution < -0.4 is 15.8 Å². The van der Waals surface area contributed by atoms with E-state index in [1.54, 1.807) is 25.1 Å². The fraction of sp³-hybridized carbons (Fsp3) is 0.176. The third-order valence-electron chi connectivity index (χ3n) is 3.19. The van der Waals surface area contributed by atoms with Gasteiger partial charge in [0.25, 0.3) is 11.8 Å². The molecule has 1 unspecified atom stereocenters. The van der Waals surface area contributed by atoms with E-state index < -0.39 is 12.0 Å². The molecule has 2 rings (SSSR count). The van der Waals surface area contributed by atoms with E-state index in [9.17, 15) is 9.59 Å². The van der Waals surface area contributed by atoms with Crippen LogP contribution in [0, 0.1) is 10.5 Å². The summed E-state index contributed by atoms with van der Waals surface area (Å²) in [5.74, 6) is -0.587. The minimum atomic E-state index is -0.769. The van der Waals surface area contributed by atoms with E-state index >= 15 is 0 Å². The van der Waals surface area contributed by atoms with Crippen molar-refractivity contribution in [2.45, 2.75) is 20.0 Å². The average molecular weight is 424 g/mol. The Bertz CT molecular complexity index is 729.